The molecule has 0 aromatic heterocycles. The Kier molecular flexibility index (Phi) is 6.17. The molecule has 0 saturated heterocycles. The largest absolute Gasteiger partial charge is 0.452 e. The quantitative estimate of drug-likeness (QED) is 0.782. The molecule has 2 N–H and O–H groups in total. The fourth-order valence-electron chi connectivity index (χ4n) is 2.09. The summed E-state index contributed by atoms with van der Waals surface area (Å²) in [4.78, 5) is 35.2. The zero-order chi connectivity index (χ0) is 20.0. The topological polar surface area (TPSA) is 84.5 Å². The highest BCUT2D eigenvalue weighted by atomic mass is 19.4. The molecule has 0 fully saturated rings. The van der Waals surface area contributed by atoms with Crippen molar-refractivity contribution in [3.63, 3.8) is 0 Å². The molecule has 2 aromatic rings. The van der Waals surface area contributed by atoms with Crippen molar-refractivity contribution >= 4 is 23.5 Å². The van der Waals surface area contributed by atoms with Crippen molar-refractivity contribution in [2.24, 2.45) is 0 Å². The first-order chi connectivity index (χ1) is 12.7. The molecular formula is C18H15F3N2O4. The minimum absolute atomic E-state index is 0.114. The molecule has 2 rings (SSSR count). The van der Waals surface area contributed by atoms with Crippen molar-refractivity contribution in [1.82, 2.24) is 5.32 Å². The zero-order valence-electron chi connectivity index (χ0n) is 14.1. The molecule has 0 heterocycles. The minimum Gasteiger partial charge on any atom is -0.452 e. The molecule has 0 aliphatic heterocycles. The Morgan fingerprint density at radius 1 is 1.00 bits per heavy atom. The molecule has 2 aromatic carbocycles. The first-order valence-corrected chi connectivity index (χ1v) is 7.67. The summed E-state index contributed by atoms with van der Waals surface area (Å²) < 4.78 is 42.2. The summed E-state index contributed by atoms with van der Waals surface area (Å²) in [5, 5.41) is 4.89. The maximum absolute atomic E-state index is 12.5. The standard InChI is InChI=1S/C18H15F3N2O4/c1-22-16(25)12-3-2-4-14(9-12)23-15(24)10-27-17(26)11-5-7-13(8-6-11)18(19,20)21/h2-9H,10H2,1H3,(H,22,25)(H,23,24). The molecule has 0 aliphatic carbocycles. The van der Waals surface area contributed by atoms with E-state index in [4.69, 9.17) is 4.74 Å². The predicted octanol–water partition coefficient (Wildman–Crippen LogP) is 2.86. The fourth-order valence-corrected chi connectivity index (χ4v) is 2.09. The second kappa shape index (κ2) is 8.35. The van der Waals surface area contributed by atoms with Crippen LogP contribution < -0.4 is 10.6 Å². The normalized spacial score (nSPS) is 10.8. The lowest BCUT2D eigenvalue weighted by Crippen LogP contribution is -2.22. The van der Waals surface area contributed by atoms with Crippen LogP contribution in [0.2, 0.25) is 0 Å². The number of carbonyl (C=O) groups is 3. The summed E-state index contributed by atoms with van der Waals surface area (Å²) in [6, 6.07) is 9.54. The Morgan fingerprint density at radius 3 is 2.26 bits per heavy atom. The van der Waals surface area contributed by atoms with Gasteiger partial charge in [-0.05, 0) is 42.5 Å². The highest BCUT2D eigenvalue weighted by molar-refractivity contribution is 5.98. The molecule has 0 aliphatic rings. The van der Waals surface area contributed by atoms with Gasteiger partial charge in [0.1, 0.15) is 0 Å². The Bertz CT molecular complexity index is 848. The number of carbonyl (C=O) groups excluding carboxylic acids is 3. The number of anilines is 1. The van der Waals surface area contributed by atoms with Gasteiger partial charge in [0.05, 0.1) is 11.1 Å². The van der Waals surface area contributed by atoms with Crippen LogP contribution >= 0.6 is 0 Å². The molecular weight excluding hydrogens is 365 g/mol. The van der Waals surface area contributed by atoms with E-state index >= 15 is 0 Å². The third kappa shape index (κ3) is 5.56. The smallest absolute Gasteiger partial charge is 0.416 e. The van der Waals surface area contributed by atoms with Crippen LogP contribution in [0.4, 0.5) is 18.9 Å². The number of benzene rings is 2. The van der Waals surface area contributed by atoms with E-state index < -0.39 is 30.2 Å². The van der Waals surface area contributed by atoms with E-state index in [1.54, 1.807) is 18.2 Å². The lowest BCUT2D eigenvalue weighted by atomic mass is 10.1. The van der Waals surface area contributed by atoms with Crippen LogP contribution in [0.25, 0.3) is 0 Å². The van der Waals surface area contributed by atoms with Crippen LogP contribution in [0.5, 0.6) is 0 Å². The van der Waals surface area contributed by atoms with Gasteiger partial charge in [-0.2, -0.15) is 13.2 Å². The van der Waals surface area contributed by atoms with Crippen LogP contribution in [0, 0.1) is 0 Å². The van der Waals surface area contributed by atoms with Gasteiger partial charge in [-0.1, -0.05) is 6.07 Å². The van der Waals surface area contributed by atoms with E-state index in [0.29, 0.717) is 11.3 Å². The van der Waals surface area contributed by atoms with Gasteiger partial charge >= 0.3 is 12.1 Å². The van der Waals surface area contributed by atoms with Gasteiger partial charge in [0.25, 0.3) is 11.8 Å². The number of rotatable bonds is 5. The van der Waals surface area contributed by atoms with Crippen LogP contribution in [-0.2, 0) is 15.7 Å². The Labute approximate surface area is 152 Å². The number of amides is 2. The van der Waals surface area contributed by atoms with Crippen LogP contribution in [-0.4, -0.2) is 31.4 Å². The van der Waals surface area contributed by atoms with Crippen molar-refractivity contribution in [2.75, 3.05) is 19.0 Å². The summed E-state index contributed by atoms with van der Waals surface area (Å²) in [5.41, 5.74) is -0.353. The van der Waals surface area contributed by atoms with Gasteiger partial charge in [0.2, 0.25) is 0 Å². The molecule has 27 heavy (non-hydrogen) atoms. The molecule has 142 valence electrons. The number of ether oxygens (including phenoxy) is 1. The predicted molar refractivity (Wildman–Crippen MR) is 90.2 cm³/mol. The minimum atomic E-state index is -4.51. The van der Waals surface area contributed by atoms with E-state index in [0.717, 1.165) is 24.3 Å². The molecule has 6 nitrogen and oxygen atoms in total. The summed E-state index contributed by atoms with van der Waals surface area (Å²) >= 11 is 0. The Morgan fingerprint density at radius 2 is 1.67 bits per heavy atom. The average Bonchev–Trinajstić information content (AvgIpc) is 2.65. The molecule has 0 bridgehead atoms. The highest BCUT2D eigenvalue weighted by Gasteiger charge is 2.30. The second-order valence-electron chi connectivity index (χ2n) is 5.36. The van der Waals surface area contributed by atoms with Crippen molar-refractivity contribution in [1.29, 1.82) is 0 Å². The number of nitrogens with one attached hydrogen (secondary N) is 2. The third-order valence-corrected chi connectivity index (χ3v) is 3.42. The molecule has 0 atom stereocenters. The van der Waals surface area contributed by atoms with E-state index in [1.807, 2.05) is 0 Å². The summed E-state index contributed by atoms with van der Waals surface area (Å²) in [6.07, 6.45) is -4.51. The van der Waals surface area contributed by atoms with Gasteiger partial charge < -0.3 is 15.4 Å². The van der Waals surface area contributed by atoms with Crippen molar-refractivity contribution in [3.8, 4) is 0 Å². The average molecular weight is 380 g/mol. The SMILES string of the molecule is CNC(=O)c1cccc(NC(=O)COC(=O)c2ccc(C(F)(F)F)cc2)c1. The van der Waals surface area contributed by atoms with E-state index in [2.05, 4.69) is 10.6 Å². The van der Waals surface area contributed by atoms with Crippen molar-refractivity contribution < 1.29 is 32.3 Å². The van der Waals surface area contributed by atoms with E-state index in [9.17, 15) is 27.6 Å². The fraction of sp³-hybridized carbons (Fsp3) is 0.167. The Hall–Kier alpha value is -3.36. The lowest BCUT2D eigenvalue weighted by Gasteiger charge is -2.09. The zero-order valence-corrected chi connectivity index (χ0v) is 14.1. The summed E-state index contributed by atoms with van der Waals surface area (Å²) in [5.74, 6) is -1.93. The molecule has 0 saturated carbocycles. The van der Waals surface area contributed by atoms with Crippen LogP contribution in [0.3, 0.4) is 0 Å². The number of esters is 1. The first-order valence-electron chi connectivity index (χ1n) is 7.67. The number of hydrogen-bond acceptors (Lipinski definition) is 4. The van der Waals surface area contributed by atoms with Crippen LogP contribution in [0.1, 0.15) is 26.3 Å². The molecule has 0 spiro atoms. The molecule has 9 heteroatoms. The molecule has 2 amide bonds. The van der Waals surface area contributed by atoms with Gasteiger partial charge in [-0.15, -0.1) is 0 Å². The number of alkyl halides is 3. The van der Waals surface area contributed by atoms with Gasteiger partial charge in [0.15, 0.2) is 6.61 Å². The highest BCUT2D eigenvalue weighted by Crippen LogP contribution is 2.29. The second-order valence-corrected chi connectivity index (χ2v) is 5.36. The Balaban J connectivity index is 1.92. The van der Waals surface area contributed by atoms with Gasteiger partial charge in [0, 0.05) is 18.3 Å². The third-order valence-electron chi connectivity index (χ3n) is 3.42. The molecule has 0 unspecified atom stereocenters. The van der Waals surface area contributed by atoms with Crippen molar-refractivity contribution in [3.05, 3.63) is 65.2 Å². The number of halogens is 3. The maximum atomic E-state index is 12.5. The maximum Gasteiger partial charge on any atom is 0.416 e. The molecule has 0 radical (unpaired) electrons. The van der Waals surface area contributed by atoms with E-state index in [-0.39, 0.29) is 11.5 Å². The van der Waals surface area contributed by atoms with Crippen molar-refractivity contribution in [2.45, 2.75) is 6.18 Å². The monoisotopic (exact) mass is 380 g/mol. The van der Waals surface area contributed by atoms with Crippen LogP contribution in [0.15, 0.2) is 48.5 Å². The number of hydrogen-bond donors (Lipinski definition) is 2. The van der Waals surface area contributed by atoms with Gasteiger partial charge in [-0.25, -0.2) is 4.79 Å². The first kappa shape index (κ1) is 20.0. The summed E-state index contributed by atoms with van der Waals surface area (Å²) in [7, 11) is 1.47. The lowest BCUT2D eigenvalue weighted by molar-refractivity contribution is -0.137. The van der Waals surface area contributed by atoms with Gasteiger partial charge in [-0.3, -0.25) is 9.59 Å². The summed E-state index contributed by atoms with van der Waals surface area (Å²) in [6.45, 7) is -0.635. The van der Waals surface area contributed by atoms with E-state index in [1.165, 1.54) is 13.1 Å².